The van der Waals surface area contributed by atoms with E-state index in [1.165, 1.54) is 7.11 Å². The monoisotopic (exact) mass is 174 g/mol. The van der Waals surface area contributed by atoms with Crippen LogP contribution in [-0.2, 0) is 9.53 Å². The van der Waals surface area contributed by atoms with Gasteiger partial charge >= 0.3 is 0 Å². The third-order valence-electron chi connectivity index (χ3n) is 1.60. The molecule has 0 radical (unpaired) electrons. The van der Waals surface area contributed by atoms with Gasteiger partial charge in [-0.15, -0.1) is 0 Å². The van der Waals surface area contributed by atoms with Crippen molar-refractivity contribution in [2.75, 3.05) is 27.3 Å². The molecule has 0 rings (SSSR count). The first-order valence-corrected chi connectivity index (χ1v) is 4.13. The summed E-state index contributed by atoms with van der Waals surface area (Å²) < 4.78 is 4.78. The fourth-order valence-corrected chi connectivity index (χ4v) is 0.980. The SMILES string of the molecule is CCCN(C)C(=O)C(N)COC. The average Bonchev–Trinajstić information content (AvgIpc) is 2.04. The molecule has 0 aliphatic rings. The van der Waals surface area contributed by atoms with Crippen LogP contribution < -0.4 is 5.73 Å². The van der Waals surface area contributed by atoms with Crippen LogP contribution in [0.1, 0.15) is 13.3 Å². The Kier molecular flexibility index (Phi) is 5.66. The molecule has 0 aromatic carbocycles. The highest BCUT2D eigenvalue weighted by Crippen LogP contribution is 1.92. The number of amides is 1. The van der Waals surface area contributed by atoms with Crippen molar-refractivity contribution in [3.63, 3.8) is 0 Å². The molecular formula is C8H18N2O2. The van der Waals surface area contributed by atoms with E-state index in [1.807, 2.05) is 6.92 Å². The smallest absolute Gasteiger partial charge is 0.241 e. The predicted octanol–water partition coefficient (Wildman–Crippen LogP) is -0.171. The van der Waals surface area contributed by atoms with Crippen LogP contribution in [0.25, 0.3) is 0 Å². The largest absolute Gasteiger partial charge is 0.383 e. The van der Waals surface area contributed by atoms with E-state index in [0.29, 0.717) is 0 Å². The first-order valence-electron chi connectivity index (χ1n) is 4.13. The molecule has 0 bridgehead atoms. The van der Waals surface area contributed by atoms with Crippen LogP contribution in [0.5, 0.6) is 0 Å². The number of methoxy groups -OCH3 is 1. The van der Waals surface area contributed by atoms with Crippen molar-refractivity contribution in [2.45, 2.75) is 19.4 Å². The fourth-order valence-electron chi connectivity index (χ4n) is 0.980. The molecule has 0 saturated heterocycles. The third-order valence-corrected chi connectivity index (χ3v) is 1.60. The summed E-state index contributed by atoms with van der Waals surface area (Å²) in [5.74, 6) is -0.0568. The number of carbonyl (C=O) groups is 1. The van der Waals surface area contributed by atoms with Gasteiger partial charge in [0.15, 0.2) is 0 Å². The van der Waals surface area contributed by atoms with Gasteiger partial charge in [-0.3, -0.25) is 4.79 Å². The molecule has 2 N–H and O–H groups in total. The zero-order valence-electron chi connectivity index (χ0n) is 8.04. The van der Waals surface area contributed by atoms with Gasteiger partial charge in [-0.05, 0) is 6.42 Å². The van der Waals surface area contributed by atoms with Crippen molar-refractivity contribution in [3.05, 3.63) is 0 Å². The quantitative estimate of drug-likeness (QED) is 0.629. The van der Waals surface area contributed by atoms with Crippen LogP contribution in [0.15, 0.2) is 0 Å². The van der Waals surface area contributed by atoms with Gasteiger partial charge in [0.25, 0.3) is 0 Å². The van der Waals surface area contributed by atoms with Crippen LogP contribution >= 0.6 is 0 Å². The summed E-state index contributed by atoms with van der Waals surface area (Å²) in [7, 11) is 3.29. The molecule has 1 amide bonds. The number of nitrogens with two attached hydrogens (primary N) is 1. The van der Waals surface area contributed by atoms with Gasteiger partial charge in [0, 0.05) is 20.7 Å². The third kappa shape index (κ3) is 3.69. The minimum atomic E-state index is -0.522. The second-order valence-electron chi connectivity index (χ2n) is 2.82. The topological polar surface area (TPSA) is 55.6 Å². The van der Waals surface area contributed by atoms with Crippen LogP contribution in [0.2, 0.25) is 0 Å². The Balaban J connectivity index is 3.82. The Labute approximate surface area is 73.7 Å². The molecular weight excluding hydrogens is 156 g/mol. The molecule has 0 aliphatic heterocycles. The van der Waals surface area contributed by atoms with E-state index in [-0.39, 0.29) is 12.5 Å². The Hall–Kier alpha value is -0.610. The summed E-state index contributed by atoms with van der Waals surface area (Å²) in [5, 5.41) is 0. The summed E-state index contributed by atoms with van der Waals surface area (Å²) in [5.41, 5.74) is 5.54. The Morgan fingerprint density at radius 2 is 2.25 bits per heavy atom. The Morgan fingerprint density at radius 1 is 1.67 bits per heavy atom. The van der Waals surface area contributed by atoms with E-state index in [1.54, 1.807) is 11.9 Å². The molecule has 4 nitrogen and oxygen atoms in total. The van der Waals surface area contributed by atoms with E-state index in [9.17, 15) is 4.79 Å². The molecule has 72 valence electrons. The lowest BCUT2D eigenvalue weighted by molar-refractivity contribution is -0.132. The average molecular weight is 174 g/mol. The zero-order chi connectivity index (χ0) is 9.56. The number of rotatable bonds is 5. The number of carbonyl (C=O) groups excluding carboxylic acids is 1. The molecule has 0 aromatic rings. The summed E-state index contributed by atoms with van der Waals surface area (Å²) in [6.07, 6.45) is 0.946. The van der Waals surface area contributed by atoms with E-state index in [0.717, 1.165) is 13.0 Å². The highest BCUT2D eigenvalue weighted by molar-refractivity contribution is 5.81. The molecule has 0 aromatic heterocycles. The number of likely N-dealkylation sites (N-methyl/N-ethyl adjacent to an activating group) is 1. The van der Waals surface area contributed by atoms with Gasteiger partial charge in [0.05, 0.1) is 6.61 Å². The number of hydrogen-bond acceptors (Lipinski definition) is 3. The van der Waals surface area contributed by atoms with Crippen molar-refractivity contribution < 1.29 is 9.53 Å². The Bertz CT molecular complexity index is 125. The molecule has 12 heavy (non-hydrogen) atoms. The van der Waals surface area contributed by atoms with Gasteiger partial charge < -0.3 is 15.4 Å². The lowest BCUT2D eigenvalue weighted by Gasteiger charge is -2.19. The fraction of sp³-hybridized carbons (Fsp3) is 0.875. The summed E-state index contributed by atoms with van der Waals surface area (Å²) in [6.45, 7) is 3.05. The maximum Gasteiger partial charge on any atom is 0.241 e. The summed E-state index contributed by atoms with van der Waals surface area (Å²) >= 11 is 0. The van der Waals surface area contributed by atoms with Crippen LogP contribution in [0.4, 0.5) is 0 Å². The van der Waals surface area contributed by atoms with Crippen molar-refractivity contribution in [2.24, 2.45) is 5.73 Å². The van der Waals surface area contributed by atoms with Gasteiger partial charge in [-0.1, -0.05) is 6.92 Å². The van der Waals surface area contributed by atoms with E-state index in [2.05, 4.69) is 0 Å². The van der Waals surface area contributed by atoms with Crippen LogP contribution in [0, 0.1) is 0 Å². The van der Waals surface area contributed by atoms with E-state index < -0.39 is 6.04 Å². The lowest BCUT2D eigenvalue weighted by Crippen LogP contribution is -2.44. The van der Waals surface area contributed by atoms with Crippen molar-refractivity contribution in [3.8, 4) is 0 Å². The first-order chi connectivity index (χ1) is 5.63. The van der Waals surface area contributed by atoms with Crippen molar-refractivity contribution >= 4 is 5.91 Å². The second kappa shape index (κ2) is 5.97. The molecule has 0 fully saturated rings. The second-order valence-corrected chi connectivity index (χ2v) is 2.82. The first kappa shape index (κ1) is 11.4. The molecule has 0 heterocycles. The van der Waals surface area contributed by atoms with Gasteiger partial charge in [-0.25, -0.2) is 0 Å². The normalized spacial score (nSPS) is 12.7. The van der Waals surface area contributed by atoms with E-state index >= 15 is 0 Å². The molecule has 0 spiro atoms. The molecule has 1 atom stereocenters. The number of nitrogens with zero attached hydrogens (tertiary/aromatic N) is 1. The maximum atomic E-state index is 11.3. The molecule has 1 unspecified atom stereocenters. The zero-order valence-corrected chi connectivity index (χ0v) is 8.04. The highest BCUT2D eigenvalue weighted by Gasteiger charge is 2.16. The highest BCUT2D eigenvalue weighted by atomic mass is 16.5. The van der Waals surface area contributed by atoms with Crippen molar-refractivity contribution in [1.29, 1.82) is 0 Å². The predicted molar refractivity (Wildman–Crippen MR) is 47.8 cm³/mol. The summed E-state index contributed by atoms with van der Waals surface area (Å²) in [4.78, 5) is 13.0. The standard InChI is InChI=1S/C8H18N2O2/c1-4-5-10(2)8(11)7(9)6-12-3/h7H,4-6,9H2,1-3H3. The van der Waals surface area contributed by atoms with Crippen molar-refractivity contribution in [1.82, 2.24) is 4.90 Å². The molecule has 0 saturated carbocycles. The van der Waals surface area contributed by atoms with Gasteiger partial charge in [-0.2, -0.15) is 0 Å². The van der Waals surface area contributed by atoms with E-state index in [4.69, 9.17) is 10.5 Å². The minimum Gasteiger partial charge on any atom is -0.383 e. The minimum absolute atomic E-state index is 0.0568. The summed E-state index contributed by atoms with van der Waals surface area (Å²) in [6, 6.07) is -0.522. The number of hydrogen-bond donors (Lipinski definition) is 1. The maximum absolute atomic E-state index is 11.3. The van der Waals surface area contributed by atoms with Gasteiger partial charge in [0.1, 0.15) is 6.04 Å². The number of ether oxygens (including phenoxy) is 1. The molecule has 0 aliphatic carbocycles. The molecule has 4 heteroatoms. The lowest BCUT2D eigenvalue weighted by atomic mass is 10.3. The van der Waals surface area contributed by atoms with Crippen LogP contribution in [0.3, 0.4) is 0 Å². The Morgan fingerprint density at radius 3 is 2.67 bits per heavy atom. The van der Waals surface area contributed by atoms with Crippen LogP contribution in [-0.4, -0.2) is 44.2 Å². The van der Waals surface area contributed by atoms with Gasteiger partial charge in [0.2, 0.25) is 5.91 Å².